The maximum Gasteiger partial charge on any atom is 0.134 e. The second kappa shape index (κ2) is 5.01. The topological polar surface area (TPSA) is 25.2 Å². The van der Waals surface area contributed by atoms with E-state index < -0.39 is 0 Å². The van der Waals surface area contributed by atoms with Crippen LogP contribution in [-0.2, 0) is 0 Å². The summed E-state index contributed by atoms with van der Waals surface area (Å²) in [6.45, 7) is 7.57. The molecule has 102 valence electrons. The van der Waals surface area contributed by atoms with Gasteiger partial charge in [0.05, 0.1) is 6.04 Å². The summed E-state index contributed by atoms with van der Waals surface area (Å²) in [6.07, 6.45) is 3.83. The van der Waals surface area contributed by atoms with Crippen LogP contribution in [-0.4, -0.2) is 6.54 Å². The van der Waals surface area contributed by atoms with Crippen molar-refractivity contribution < 1.29 is 4.42 Å². The van der Waals surface area contributed by atoms with Gasteiger partial charge in [-0.25, -0.2) is 0 Å². The SMILES string of the molecule is CCCNC(c1cc2c(C)cc(C)cc2o1)C1CC1. The number of furan rings is 1. The van der Waals surface area contributed by atoms with Crippen LogP contribution in [0.3, 0.4) is 0 Å². The highest BCUT2D eigenvalue weighted by atomic mass is 16.3. The smallest absolute Gasteiger partial charge is 0.134 e. The Morgan fingerprint density at radius 2 is 2.05 bits per heavy atom. The van der Waals surface area contributed by atoms with E-state index in [0.717, 1.165) is 23.8 Å². The molecule has 19 heavy (non-hydrogen) atoms. The second-order valence-electron chi connectivity index (χ2n) is 5.91. The van der Waals surface area contributed by atoms with Crippen LogP contribution >= 0.6 is 0 Å². The van der Waals surface area contributed by atoms with E-state index in [9.17, 15) is 0 Å². The molecule has 0 aliphatic heterocycles. The maximum absolute atomic E-state index is 6.13. The van der Waals surface area contributed by atoms with Crippen LogP contribution in [0.5, 0.6) is 0 Å². The number of hydrogen-bond donors (Lipinski definition) is 1. The molecule has 2 nitrogen and oxygen atoms in total. The fourth-order valence-corrected chi connectivity index (χ4v) is 2.89. The highest BCUT2D eigenvalue weighted by molar-refractivity contribution is 5.82. The van der Waals surface area contributed by atoms with Crippen molar-refractivity contribution in [3.05, 3.63) is 35.1 Å². The van der Waals surface area contributed by atoms with E-state index in [0.29, 0.717) is 6.04 Å². The molecule has 2 heteroatoms. The van der Waals surface area contributed by atoms with Crippen molar-refractivity contribution in [1.82, 2.24) is 5.32 Å². The Morgan fingerprint density at radius 1 is 1.26 bits per heavy atom. The normalized spacial score (nSPS) is 17.0. The summed E-state index contributed by atoms with van der Waals surface area (Å²) in [7, 11) is 0. The van der Waals surface area contributed by atoms with Gasteiger partial charge >= 0.3 is 0 Å². The van der Waals surface area contributed by atoms with Gasteiger partial charge in [0.2, 0.25) is 0 Å². The van der Waals surface area contributed by atoms with Crippen LogP contribution in [0.25, 0.3) is 11.0 Å². The van der Waals surface area contributed by atoms with Gasteiger partial charge in [-0.15, -0.1) is 0 Å². The van der Waals surface area contributed by atoms with E-state index in [2.05, 4.69) is 44.3 Å². The lowest BCUT2D eigenvalue weighted by molar-refractivity contribution is 0.396. The molecule has 3 rings (SSSR count). The zero-order valence-corrected chi connectivity index (χ0v) is 12.1. The van der Waals surface area contributed by atoms with E-state index >= 15 is 0 Å². The molecule has 2 aromatic rings. The Morgan fingerprint density at radius 3 is 2.74 bits per heavy atom. The van der Waals surface area contributed by atoms with E-state index in [1.807, 2.05) is 0 Å². The first kappa shape index (κ1) is 12.7. The molecule has 0 amide bonds. The first-order chi connectivity index (χ1) is 9.19. The lowest BCUT2D eigenvalue weighted by Crippen LogP contribution is -2.23. The van der Waals surface area contributed by atoms with Gasteiger partial charge in [-0.3, -0.25) is 0 Å². The molecule has 1 N–H and O–H groups in total. The van der Waals surface area contributed by atoms with Crippen molar-refractivity contribution in [3.63, 3.8) is 0 Å². The molecule has 1 fully saturated rings. The molecule has 1 aliphatic rings. The Balaban J connectivity index is 1.96. The van der Waals surface area contributed by atoms with Crippen molar-refractivity contribution >= 4 is 11.0 Å². The predicted octanol–water partition coefficient (Wildman–Crippen LogP) is 4.50. The second-order valence-corrected chi connectivity index (χ2v) is 5.91. The van der Waals surface area contributed by atoms with Crippen LogP contribution < -0.4 is 5.32 Å². The van der Waals surface area contributed by atoms with Gasteiger partial charge in [-0.2, -0.15) is 0 Å². The molecule has 1 heterocycles. The van der Waals surface area contributed by atoms with E-state index in [1.54, 1.807) is 0 Å². The molecule has 1 saturated carbocycles. The lowest BCUT2D eigenvalue weighted by atomic mass is 10.1. The van der Waals surface area contributed by atoms with E-state index in [4.69, 9.17) is 4.42 Å². The Hall–Kier alpha value is -1.28. The molecule has 1 aromatic heterocycles. The van der Waals surface area contributed by atoms with Crippen LogP contribution in [0.2, 0.25) is 0 Å². The highest BCUT2D eigenvalue weighted by Gasteiger charge is 2.34. The van der Waals surface area contributed by atoms with Gasteiger partial charge in [0.25, 0.3) is 0 Å². The van der Waals surface area contributed by atoms with Gasteiger partial charge < -0.3 is 9.73 Å². The Labute approximate surface area is 115 Å². The number of benzene rings is 1. The predicted molar refractivity (Wildman–Crippen MR) is 79.4 cm³/mol. The van der Waals surface area contributed by atoms with Crippen LogP contribution in [0.15, 0.2) is 22.6 Å². The minimum atomic E-state index is 0.409. The van der Waals surface area contributed by atoms with Crippen molar-refractivity contribution in [2.24, 2.45) is 5.92 Å². The van der Waals surface area contributed by atoms with Crippen LogP contribution in [0.1, 0.15) is 49.1 Å². The standard InChI is InChI=1S/C17H23NO/c1-4-7-18-17(13-5-6-13)16-10-14-12(3)8-11(2)9-15(14)19-16/h8-10,13,17-18H,4-7H2,1-3H3. The molecule has 1 aromatic carbocycles. The zero-order chi connectivity index (χ0) is 13.4. The summed E-state index contributed by atoms with van der Waals surface area (Å²) in [5.41, 5.74) is 3.63. The monoisotopic (exact) mass is 257 g/mol. The first-order valence-corrected chi connectivity index (χ1v) is 7.43. The third kappa shape index (κ3) is 2.55. The number of fused-ring (bicyclic) bond motifs is 1. The first-order valence-electron chi connectivity index (χ1n) is 7.43. The fraction of sp³-hybridized carbons (Fsp3) is 0.529. The summed E-state index contributed by atoms with van der Waals surface area (Å²) >= 11 is 0. The van der Waals surface area contributed by atoms with Gasteiger partial charge in [0, 0.05) is 5.39 Å². The Bertz CT molecular complexity index is 580. The van der Waals surface area contributed by atoms with Crippen LogP contribution in [0.4, 0.5) is 0 Å². The summed E-state index contributed by atoms with van der Waals surface area (Å²) in [6, 6.07) is 7.03. The molecule has 0 bridgehead atoms. The summed E-state index contributed by atoms with van der Waals surface area (Å²) in [4.78, 5) is 0. The lowest BCUT2D eigenvalue weighted by Gasteiger charge is -2.14. The number of hydrogen-bond acceptors (Lipinski definition) is 2. The third-order valence-electron chi connectivity index (χ3n) is 4.02. The molecule has 0 radical (unpaired) electrons. The van der Waals surface area contributed by atoms with Gasteiger partial charge in [-0.05, 0) is 68.8 Å². The molecule has 0 spiro atoms. The molecule has 1 atom stereocenters. The van der Waals surface area contributed by atoms with Gasteiger partial charge in [0.15, 0.2) is 0 Å². The average Bonchev–Trinajstić information content (AvgIpc) is 3.10. The molecule has 1 aliphatic carbocycles. The number of rotatable bonds is 5. The van der Waals surface area contributed by atoms with Gasteiger partial charge in [0.1, 0.15) is 11.3 Å². The van der Waals surface area contributed by atoms with Crippen LogP contribution in [0, 0.1) is 19.8 Å². The Kier molecular flexibility index (Phi) is 3.36. The summed E-state index contributed by atoms with van der Waals surface area (Å²) < 4.78 is 6.13. The summed E-state index contributed by atoms with van der Waals surface area (Å²) in [5.74, 6) is 1.90. The zero-order valence-electron chi connectivity index (χ0n) is 12.1. The van der Waals surface area contributed by atoms with Crippen molar-refractivity contribution in [3.8, 4) is 0 Å². The largest absolute Gasteiger partial charge is 0.459 e. The minimum Gasteiger partial charge on any atom is -0.459 e. The third-order valence-corrected chi connectivity index (χ3v) is 4.02. The molecular weight excluding hydrogens is 234 g/mol. The maximum atomic E-state index is 6.13. The van der Waals surface area contributed by atoms with E-state index in [-0.39, 0.29) is 0 Å². The van der Waals surface area contributed by atoms with Crippen molar-refractivity contribution in [2.45, 2.75) is 46.1 Å². The molecule has 1 unspecified atom stereocenters. The fourth-order valence-electron chi connectivity index (χ4n) is 2.89. The van der Waals surface area contributed by atoms with Crippen molar-refractivity contribution in [1.29, 1.82) is 0 Å². The van der Waals surface area contributed by atoms with E-state index in [1.165, 1.54) is 35.8 Å². The van der Waals surface area contributed by atoms with Gasteiger partial charge in [-0.1, -0.05) is 13.0 Å². The molecule has 0 saturated heterocycles. The summed E-state index contributed by atoms with van der Waals surface area (Å²) in [5, 5.41) is 4.92. The highest BCUT2D eigenvalue weighted by Crippen LogP contribution is 2.42. The number of nitrogens with one attached hydrogen (secondary N) is 1. The van der Waals surface area contributed by atoms with Crippen molar-refractivity contribution in [2.75, 3.05) is 6.54 Å². The number of aryl methyl sites for hydroxylation is 2. The average molecular weight is 257 g/mol. The minimum absolute atomic E-state index is 0.409. The quantitative estimate of drug-likeness (QED) is 0.853. The molecular formula is C17H23NO.